The summed E-state index contributed by atoms with van der Waals surface area (Å²) in [7, 11) is 0. The topological polar surface area (TPSA) is 51.5 Å². The second kappa shape index (κ2) is 11.3. The van der Waals surface area contributed by atoms with Crippen molar-refractivity contribution in [3.63, 3.8) is 0 Å². The molecule has 0 bridgehead atoms. The van der Waals surface area contributed by atoms with E-state index in [0.717, 1.165) is 55.2 Å². The van der Waals surface area contributed by atoms with Crippen LogP contribution in [0.4, 0.5) is 0 Å². The van der Waals surface area contributed by atoms with Crippen LogP contribution in [0.5, 0.6) is 5.75 Å². The van der Waals surface area contributed by atoms with Crippen LogP contribution in [0.25, 0.3) is 32.8 Å². The van der Waals surface area contributed by atoms with Crippen LogP contribution in [-0.4, -0.2) is 22.2 Å². The number of aromatic nitrogens is 1. The van der Waals surface area contributed by atoms with Gasteiger partial charge in [0.2, 0.25) is 0 Å². The molecule has 41 heavy (non-hydrogen) atoms. The summed E-state index contributed by atoms with van der Waals surface area (Å²) in [5, 5.41) is 13.8. The molecule has 6 aromatic rings. The van der Waals surface area contributed by atoms with Gasteiger partial charge in [0.1, 0.15) is 11.4 Å². The lowest BCUT2D eigenvalue weighted by Gasteiger charge is -2.14. The van der Waals surface area contributed by atoms with E-state index in [9.17, 15) is 9.90 Å². The Labute approximate surface area is 240 Å². The normalized spacial score (nSPS) is 11.3. The van der Waals surface area contributed by atoms with Crippen LogP contribution in [0.2, 0.25) is 0 Å². The molecule has 0 fully saturated rings. The Morgan fingerprint density at radius 3 is 2.24 bits per heavy atom. The van der Waals surface area contributed by atoms with Gasteiger partial charge in [0, 0.05) is 22.9 Å². The number of carbonyl (C=O) groups is 1. The Bertz CT molecular complexity index is 1860. The number of hydrogen-bond donors (Lipinski definition) is 1. The minimum absolute atomic E-state index is 0.353. The molecule has 0 unspecified atom stereocenters. The molecule has 0 amide bonds. The molecule has 0 saturated heterocycles. The molecule has 1 N–H and O–H groups in total. The van der Waals surface area contributed by atoms with Gasteiger partial charge in [-0.05, 0) is 60.4 Å². The van der Waals surface area contributed by atoms with Crippen LogP contribution in [-0.2, 0) is 13.0 Å². The molecule has 1 aromatic heterocycles. The summed E-state index contributed by atoms with van der Waals surface area (Å²) in [4.78, 5) is 12.9. The molecule has 1 heterocycles. The summed E-state index contributed by atoms with van der Waals surface area (Å²) >= 11 is 0. The first-order valence-corrected chi connectivity index (χ1v) is 14.1. The number of carboxylic acids is 1. The van der Waals surface area contributed by atoms with Gasteiger partial charge >= 0.3 is 5.97 Å². The molecule has 4 nitrogen and oxygen atoms in total. The fourth-order valence-electron chi connectivity index (χ4n) is 5.86. The summed E-state index contributed by atoms with van der Waals surface area (Å²) < 4.78 is 8.23. The molecule has 5 aromatic carbocycles. The highest BCUT2D eigenvalue weighted by Crippen LogP contribution is 2.37. The number of aromatic carboxylic acids is 1. The van der Waals surface area contributed by atoms with Gasteiger partial charge in [-0.25, -0.2) is 4.79 Å². The minimum Gasteiger partial charge on any atom is -0.493 e. The highest BCUT2D eigenvalue weighted by molar-refractivity contribution is 6.04. The zero-order valence-electron chi connectivity index (χ0n) is 23.4. The van der Waals surface area contributed by atoms with Crippen molar-refractivity contribution in [1.29, 1.82) is 0 Å². The summed E-state index contributed by atoms with van der Waals surface area (Å²) in [6.07, 6.45) is 1.29. The molecule has 0 saturated carbocycles. The molecule has 0 aliphatic rings. The van der Waals surface area contributed by atoms with Gasteiger partial charge in [0.05, 0.1) is 12.1 Å². The van der Waals surface area contributed by atoms with E-state index < -0.39 is 5.97 Å². The number of carboxylic acid groups (broad SMARTS) is 1. The van der Waals surface area contributed by atoms with Gasteiger partial charge in [-0.15, -0.1) is 0 Å². The molecular weight excluding hydrogens is 506 g/mol. The van der Waals surface area contributed by atoms with Gasteiger partial charge in [0.15, 0.2) is 0 Å². The van der Waals surface area contributed by atoms with Crippen molar-refractivity contribution >= 4 is 27.6 Å². The van der Waals surface area contributed by atoms with Crippen molar-refractivity contribution in [2.45, 2.75) is 33.2 Å². The number of rotatable bonds is 9. The zero-order valence-corrected chi connectivity index (χ0v) is 23.4. The molecule has 0 spiro atoms. The van der Waals surface area contributed by atoms with Crippen LogP contribution in [0.1, 0.15) is 39.2 Å². The predicted octanol–water partition coefficient (Wildman–Crippen LogP) is 8.84. The van der Waals surface area contributed by atoms with Gasteiger partial charge in [0.25, 0.3) is 0 Å². The van der Waals surface area contributed by atoms with E-state index in [2.05, 4.69) is 80.6 Å². The lowest BCUT2D eigenvalue weighted by molar-refractivity contribution is 0.0685. The fourth-order valence-corrected chi connectivity index (χ4v) is 5.86. The predicted molar refractivity (Wildman–Crippen MR) is 167 cm³/mol. The zero-order chi connectivity index (χ0) is 28.3. The number of ether oxygens (including phenoxy) is 1. The third-order valence-electron chi connectivity index (χ3n) is 7.86. The summed E-state index contributed by atoms with van der Waals surface area (Å²) in [5.41, 5.74) is 7.74. The molecule has 0 aliphatic carbocycles. The second-order valence-electron chi connectivity index (χ2n) is 10.7. The maximum absolute atomic E-state index is 12.9. The van der Waals surface area contributed by atoms with Crippen molar-refractivity contribution in [3.8, 4) is 16.9 Å². The Kier molecular flexibility index (Phi) is 7.30. The number of benzene rings is 5. The third kappa shape index (κ3) is 5.21. The summed E-state index contributed by atoms with van der Waals surface area (Å²) in [5.74, 6) is -0.0563. The van der Waals surface area contributed by atoms with Crippen LogP contribution in [0.3, 0.4) is 0 Å². The van der Waals surface area contributed by atoms with Crippen molar-refractivity contribution in [3.05, 3.63) is 137 Å². The Morgan fingerprint density at radius 1 is 0.756 bits per heavy atom. The van der Waals surface area contributed by atoms with Gasteiger partial charge in [-0.3, -0.25) is 0 Å². The van der Waals surface area contributed by atoms with Crippen LogP contribution in [0.15, 0.2) is 109 Å². The first kappa shape index (κ1) is 26.4. The van der Waals surface area contributed by atoms with E-state index in [1.807, 2.05) is 47.0 Å². The van der Waals surface area contributed by atoms with Crippen LogP contribution < -0.4 is 4.74 Å². The molecule has 4 heteroatoms. The first-order chi connectivity index (χ1) is 20.0. The van der Waals surface area contributed by atoms with E-state index in [4.69, 9.17) is 4.74 Å². The van der Waals surface area contributed by atoms with Crippen LogP contribution >= 0.6 is 0 Å². The molecular formula is C37H33NO3. The minimum atomic E-state index is -0.908. The monoisotopic (exact) mass is 539 g/mol. The Morgan fingerprint density at radius 2 is 1.44 bits per heavy atom. The highest BCUT2D eigenvalue weighted by atomic mass is 16.5. The standard InChI is InChI=1S/C37H33NO3/c1-25-19-21-27(22-20-25)24-38-35-31(29-13-5-3-10-26(29)2)15-8-16-32(35)33(36(38)37(39)40)17-9-23-41-34-18-7-12-28-11-4-6-14-30(28)34/h3-8,10-16,18-22H,9,17,23-24H2,1-2H3,(H,39,40). The van der Waals surface area contributed by atoms with Crippen LogP contribution in [0, 0.1) is 13.8 Å². The van der Waals surface area contributed by atoms with E-state index in [-0.39, 0.29) is 0 Å². The van der Waals surface area contributed by atoms with E-state index in [1.165, 1.54) is 5.56 Å². The average molecular weight is 540 g/mol. The third-order valence-corrected chi connectivity index (χ3v) is 7.86. The summed E-state index contributed by atoms with van der Waals surface area (Å²) in [6, 6.07) is 37.1. The SMILES string of the molecule is Cc1ccc(Cn2c(C(=O)O)c(CCCOc3cccc4ccccc34)c3cccc(-c4ccccc4C)c32)cc1. The number of fused-ring (bicyclic) bond motifs is 2. The Balaban J connectivity index is 1.41. The molecule has 204 valence electrons. The number of hydrogen-bond acceptors (Lipinski definition) is 2. The van der Waals surface area contributed by atoms with Gasteiger partial charge in [-0.1, -0.05) is 109 Å². The molecule has 0 aliphatic heterocycles. The largest absolute Gasteiger partial charge is 0.493 e. The smallest absolute Gasteiger partial charge is 0.352 e. The fraction of sp³-hybridized carbons (Fsp3) is 0.162. The average Bonchev–Trinajstić information content (AvgIpc) is 3.30. The van der Waals surface area contributed by atoms with E-state index in [0.29, 0.717) is 31.7 Å². The van der Waals surface area contributed by atoms with Gasteiger partial charge in [-0.2, -0.15) is 0 Å². The highest BCUT2D eigenvalue weighted by Gasteiger charge is 2.25. The lowest BCUT2D eigenvalue weighted by Crippen LogP contribution is -2.12. The maximum atomic E-state index is 12.9. The molecule has 0 atom stereocenters. The van der Waals surface area contributed by atoms with E-state index in [1.54, 1.807) is 0 Å². The summed E-state index contributed by atoms with van der Waals surface area (Å²) in [6.45, 7) is 5.14. The number of aryl methyl sites for hydroxylation is 3. The molecule has 0 radical (unpaired) electrons. The number of nitrogens with zero attached hydrogens (tertiary/aromatic N) is 1. The Hall–Kier alpha value is -4.83. The van der Waals surface area contributed by atoms with Crippen molar-refractivity contribution in [2.24, 2.45) is 0 Å². The quantitative estimate of drug-likeness (QED) is 0.187. The van der Waals surface area contributed by atoms with Crippen molar-refractivity contribution in [2.75, 3.05) is 6.61 Å². The first-order valence-electron chi connectivity index (χ1n) is 14.1. The maximum Gasteiger partial charge on any atom is 0.352 e. The van der Waals surface area contributed by atoms with Gasteiger partial charge < -0.3 is 14.4 Å². The molecule has 6 rings (SSSR count). The van der Waals surface area contributed by atoms with Crippen molar-refractivity contribution < 1.29 is 14.6 Å². The second-order valence-corrected chi connectivity index (χ2v) is 10.7. The van der Waals surface area contributed by atoms with Crippen molar-refractivity contribution in [1.82, 2.24) is 4.57 Å². The lowest BCUT2D eigenvalue weighted by atomic mass is 9.97. The van der Waals surface area contributed by atoms with E-state index >= 15 is 0 Å². The number of para-hydroxylation sites is 1.